The first-order valence-corrected chi connectivity index (χ1v) is 14.5. The van der Waals surface area contributed by atoms with Crippen molar-refractivity contribution in [3.63, 3.8) is 0 Å². The predicted octanol–water partition coefficient (Wildman–Crippen LogP) is 6.02. The van der Waals surface area contributed by atoms with E-state index in [0.717, 1.165) is 19.3 Å². The van der Waals surface area contributed by atoms with E-state index in [9.17, 15) is 14.7 Å². The Morgan fingerprint density at radius 1 is 0.973 bits per heavy atom. The molecule has 0 fully saturated rings. The number of hydrogen-bond donors (Lipinski definition) is 3. The molecular weight excluding hydrogens is 470 g/mol. The van der Waals surface area contributed by atoms with Gasteiger partial charge in [-0.05, 0) is 12.8 Å². The number of anilines is 1. The number of fused-ring (bicyclic) bond motifs is 1. The number of rotatable bonds is 21. The number of H-pyrrole nitrogens is 1. The first kappa shape index (κ1) is 30.8. The van der Waals surface area contributed by atoms with Crippen molar-refractivity contribution in [2.75, 3.05) is 12.3 Å². The van der Waals surface area contributed by atoms with Gasteiger partial charge in [0.1, 0.15) is 6.33 Å². The maximum absolute atomic E-state index is 12.6. The SMILES string of the molecule is CCCCCCCCCCCCCCCCCC(=O)O[C@H](C(CC)CO)n1cnc2c(=O)[nH]c(N)nc21. The van der Waals surface area contributed by atoms with Crippen LogP contribution >= 0.6 is 0 Å². The molecule has 2 rings (SSSR count). The van der Waals surface area contributed by atoms with Crippen LogP contribution in [0.3, 0.4) is 0 Å². The molecular formula is C28H49N5O4. The number of aliphatic hydroxyl groups excluding tert-OH is 1. The van der Waals surface area contributed by atoms with Gasteiger partial charge in [-0.2, -0.15) is 4.98 Å². The Bertz CT molecular complexity index is 954. The number of esters is 1. The monoisotopic (exact) mass is 519 g/mol. The third-order valence-corrected chi connectivity index (χ3v) is 7.12. The molecule has 2 aromatic rings. The average molecular weight is 520 g/mol. The number of nitrogen functional groups attached to an aromatic ring is 1. The topological polar surface area (TPSA) is 136 Å². The van der Waals surface area contributed by atoms with Gasteiger partial charge in [-0.3, -0.25) is 19.1 Å². The van der Waals surface area contributed by atoms with Crippen molar-refractivity contribution >= 4 is 23.1 Å². The second-order valence-corrected chi connectivity index (χ2v) is 10.2. The number of unbranched alkanes of at least 4 members (excludes halogenated alkanes) is 14. The summed E-state index contributed by atoms with van der Waals surface area (Å²) >= 11 is 0. The fraction of sp³-hybridized carbons (Fsp3) is 0.786. The number of nitrogens with two attached hydrogens (primary N) is 1. The lowest BCUT2D eigenvalue weighted by Crippen LogP contribution is -2.27. The van der Waals surface area contributed by atoms with Gasteiger partial charge in [-0.25, -0.2) is 4.98 Å². The number of imidazole rings is 1. The van der Waals surface area contributed by atoms with E-state index in [-0.39, 0.29) is 35.6 Å². The van der Waals surface area contributed by atoms with E-state index in [1.807, 2.05) is 6.92 Å². The molecule has 37 heavy (non-hydrogen) atoms. The lowest BCUT2D eigenvalue weighted by atomic mass is 10.0. The first-order chi connectivity index (χ1) is 18.0. The number of hydrogen-bond acceptors (Lipinski definition) is 7. The fourth-order valence-corrected chi connectivity index (χ4v) is 4.76. The second kappa shape index (κ2) is 17.9. The number of carbonyl (C=O) groups excluding carboxylic acids is 1. The van der Waals surface area contributed by atoms with Gasteiger partial charge >= 0.3 is 5.97 Å². The lowest BCUT2D eigenvalue weighted by molar-refractivity contribution is -0.159. The van der Waals surface area contributed by atoms with Crippen molar-refractivity contribution in [3.8, 4) is 0 Å². The number of aromatic amines is 1. The standard InChI is InChI=1S/C28H49N5O4/c1-3-5-6-7-8-9-10-11-12-13-14-15-16-17-18-19-23(35)37-27(22(4-2)20-34)33-21-30-24-25(33)31-28(29)32-26(24)36/h21-22,27,34H,3-20H2,1-2H3,(H3,29,31,32,36)/t22?,27-/m1/s1. The summed E-state index contributed by atoms with van der Waals surface area (Å²) in [6, 6.07) is 0. The van der Waals surface area contributed by atoms with Crippen LogP contribution in [0.5, 0.6) is 0 Å². The summed E-state index contributed by atoms with van der Waals surface area (Å²) in [6.45, 7) is 3.99. The van der Waals surface area contributed by atoms with E-state index in [1.165, 1.54) is 87.9 Å². The minimum Gasteiger partial charge on any atom is -0.441 e. The Labute approximate surface area is 221 Å². The number of aromatic nitrogens is 4. The lowest BCUT2D eigenvalue weighted by Gasteiger charge is -2.26. The normalized spacial score (nSPS) is 13.2. The summed E-state index contributed by atoms with van der Waals surface area (Å²) in [7, 11) is 0. The molecule has 0 spiro atoms. The maximum Gasteiger partial charge on any atom is 0.307 e. The van der Waals surface area contributed by atoms with Crippen molar-refractivity contribution in [1.82, 2.24) is 19.5 Å². The molecule has 0 aliphatic heterocycles. The fourth-order valence-electron chi connectivity index (χ4n) is 4.76. The Morgan fingerprint density at radius 2 is 1.51 bits per heavy atom. The second-order valence-electron chi connectivity index (χ2n) is 10.2. The average Bonchev–Trinajstić information content (AvgIpc) is 3.30. The number of aliphatic hydroxyl groups is 1. The summed E-state index contributed by atoms with van der Waals surface area (Å²) in [4.78, 5) is 35.5. The van der Waals surface area contributed by atoms with E-state index in [2.05, 4.69) is 21.9 Å². The van der Waals surface area contributed by atoms with Gasteiger partial charge in [-0.15, -0.1) is 0 Å². The van der Waals surface area contributed by atoms with Gasteiger partial charge in [0.25, 0.3) is 5.56 Å². The third-order valence-electron chi connectivity index (χ3n) is 7.12. The van der Waals surface area contributed by atoms with Gasteiger partial charge in [-0.1, -0.05) is 104 Å². The zero-order valence-corrected chi connectivity index (χ0v) is 23.1. The molecule has 210 valence electrons. The minimum absolute atomic E-state index is 0.0424. The zero-order valence-electron chi connectivity index (χ0n) is 23.1. The molecule has 0 bridgehead atoms. The van der Waals surface area contributed by atoms with Gasteiger partial charge in [0, 0.05) is 12.3 Å². The van der Waals surface area contributed by atoms with Crippen molar-refractivity contribution in [3.05, 3.63) is 16.7 Å². The van der Waals surface area contributed by atoms with Crippen LogP contribution in [0.1, 0.15) is 129 Å². The summed E-state index contributed by atoms with van der Waals surface area (Å²) in [5.41, 5.74) is 5.59. The van der Waals surface area contributed by atoms with Crippen LogP contribution in [0.4, 0.5) is 5.95 Å². The zero-order chi connectivity index (χ0) is 26.9. The van der Waals surface area contributed by atoms with Crippen LogP contribution in [-0.2, 0) is 9.53 Å². The Kier molecular flexibility index (Phi) is 14.9. The number of nitrogens with one attached hydrogen (secondary N) is 1. The van der Waals surface area contributed by atoms with Crippen molar-refractivity contribution in [2.24, 2.45) is 5.92 Å². The highest BCUT2D eigenvalue weighted by Crippen LogP contribution is 2.26. The summed E-state index contributed by atoms with van der Waals surface area (Å²) in [5, 5.41) is 9.87. The smallest absolute Gasteiger partial charge is 0.307 e. The van der Waals surface area contributed by atoms with Crippen LogP contribution in [0, 0.1) is 5.92 Å². The Balaban J connectivity index is 1.66. The van der Waals surface area contributed by atoms with Crippen molar-refractivity contribution in [2.45, 2.75) is 129 Å². The largest absolute Gasteiger partial charge is 0.441 e. The predicted molar refractivity (Wildman–Crippen MR) is 148 cm³/mol. The summed E-state index contributed by atoms with van der Waals surface area (Å²) in [6.07, 6.45) is 20.5. The van der Waals surface area contributed by atoms with Gasteiger partial charge in [0.2, 0.25) is 5.95 Å². The van der Waals surface area contributed by atoms with Crippen LogP contribution in [0.25, 0.3) is 11.2 Å². The van der Waals surface area contributed by atoms with Crippen LogP contribution < -0.4 is 11.3 Å². The van der Waals surface area contributed by atoms with Crippen LogP contribution in [0.2, 0.25) is 0 Å². The quantitative estimate of drug-likeness (QED) is 0.135. The molecule has 0 aliphatic rings. The molecule has 2 atom stereocenters. The Morgan fingerprint density at radius 3 is 2.03 bits per heavy atom. The molecule has 1 unspecified atom stereocenters. The van der Waals surface area contributed by atoms with Gasteiger partial charge in [0.15, 0.2) is 17.4 Å². The highest BCUT2D eigenvalue weighted by molar-refractivity contribution is 5.72. The molecule has 4 N–H and O–H groups in total. The molecule has 0 saturated heterocycles. The van der Waals surface area contributed by atoms with Crippen LogP contribution in [0.15, 0.2) is 11.1 Å². The molecule has 2 aromatic heterocycles. The first-order valence-electron chi connectivity index (χ1n) is 14.5. The molecule has 0 amide bonds. The Hall–Kier alpha value is -2.42. The van der Waals surface area contributed by atoms with E-state index >= 15 is 0 Å². The van der Waals surface area contributed by atoms with Gasteiger partial charge < -0.3 is 15.6 Å². The molecule has 9 nitrogen and oxygen atoms in total. The van der Waals surface area contributed by atoms with Crippen molar-refractivity contribution in [1.29, 1.82) is 0 Å². The van der Waals surface area contributed by atoms with E-state index in [1.54, 1.807) is 0 Å². The van der Waals surface area contributed by atoms with E-state index in [0.29, 0.717) is 12.8 Å². The third kappa shape index (κ3) is 10.8. The molecule has 0 radical (unpaired) electrons. The summed E-state index contributed by atoms with van der Waals surface area (Å²) < 4.78 is 7.30. The van der Waals surface area contributed by atoms with Crippen LogP contribution in [-0.4, -0.2) is 37.2 Å². The number of nitrogens with zero attached hydrogens (tertiary/aromatic N) is 3. The molecule has 0 aromatic carbocycles. The molecule has 0 aliphatic carbocycles. The summed E-state index contributed by atoms with van der Waals surface area (Å²) in [5.74, 6) is -0.727. The number of carbonyl (C=O) groups is 1. The highest BCUT2D eigenvalue weighted by Gasteiger charge is 2.28. The highest BCUT2D eigenvalue weighted by atomic mass is 16.6. The van der Waals surface area contributed by atoms with Gasteiger partial charge in [0.05, 0.1) is 6.61 Å². The van der Waals surface area contributed by atoms with E-state index < -0.39 is 11.8 Å². The van der Waals surface area contributed by atoms with E-state index in [4.69, 9.17) is 10.5 Å². The molecule has 2 heterocycles. The molecule has 0 saturated carbocycles. The maximum atomic E-state index is 12.6. The molecule has 9 heteroatoms. The van der Waals surface area contributed by atoms with Crippen molar-refractivity contribution < 1.29 is 14.6 Å². The number of ether oxygens (including phenoxy) is 1. The minimum atomic E-state index is -0.808.